The highest BCUT2D eigenvalue weighted by Crippen LogP contribution is 2.41. The van der Waals surface area contributed by atoms with Gasteiger partial charge in [-0.2, -0.15) is 0 Å². The predicted octanol–water partition coefficient (Wildman–Crippen LogP) is 4.20. The van der Waals surface area contributed by atoms with E-state index in [0.29, 0.717) is 23.7 Å². The summed E-state index contributed by atoms with van der Waals surface area (Å²) in [6.45, 7) is 1.85. The van der Waals surface area contributed by atoms with Crippen LogP contribution in [0.3, 0.4) is 0 Å². The largest absolute Gasteiger partial charge is 0.493 e. The van der Waals surface area contributed by atoms with E-state index in [0.717, 1.165) is 56.5 Å². The molecule has 7 nitrogen and oxygen atoms in total. The number of hydrogen-bond donors (Lipinski definition) is 0. The van der Waals surface area contributed by atoms with Crippen LogP contribution in [0.4, 0.5) is 5.69 Å². The molecule has 33 heavy (non-hydrogen) atoms. The van der Waals surface area contributed by atoms with Crippen LogP contribution in [0.5, 0.6) is 11.5 Å². The lowest BCUT2D eigenvalue weighted by Crippen LogP contribution is -2.50. The minimum absolute atomic E-state index is 0.0138. The van der Waals surface area contributed by atoms with Crippen LogP contribution >= 0.6 is 0 Å². The van der Waals surface area contributed by atoms with Gasteiger partial charge in [0.25, 0.3) is 5.91 Å². The molecule has 3 aliphatic heterocycles. The summed E-state index contributed by atoms with van der Waals surface area (Å²) in [5.41, 5.74) is 2.46. The molecule has 3 aliphatic rings. The Bertz CT molecular complexity index is 976. The van der Waals surface area contributed by atoms with E-state index in [1.807, 2.05) is 54.4 Å². The third kappa shape index (κ3) is 4.39. The quantitative estimate of drug-likeness (QED) is 0.655. The third-order valence-corrected chi connectivity index (χ3v) is 6.83. The SMILES string of the molecule is COc1cc2c(cc1OCc1ccccc1)C(=O)N1CCC[C@H]1[C@H](OC1CCCCO1)N2C. The number of rotatable bonds is 6. The Morgan fingerprint density at radius 1 is 1.06 bits per heavy atom. The monoisotopic (exact) mass is 452 g/mol. The molecule has 5 rings (SSSR count). The van der Waals surface area contributed by atoms with E-state index in [1.54, 1.807) is 7.11 Å². The molecule has 7 heteroatoms. The van der Waals surface area contributed by atoms with Gasteiger partial charge >= 0.3 is 0 Å². The number of amides is 1. The number of likely N-dealkylation sites (N-methyl/N-ethyl adjacent to an activating group) is 1. The lowest BCUT2D eigenvalue weighted by molar-refractivity contribution is -0.195. The maximum atomic E-state index is 13.6. The maximum absolute atomic E-state index is 13.6. The van der Waals surface area contributed by atoms with E-state index in [4.69, 9.17) is 18.9 Å². The minimum Gasteiger partial charge on any atom is -0.493 e. The van der Waals surface area contributed by atoms with Crippen molar-refractivity contribution in [2.24, 2.45) is 0 Å². The number of fused-ring (bicyclic) bond motifs is 2. The average molecular weight is 453 g/mol. The Kier molecular flexibility index (Phi) is 6.42. The van der Waals surface area contributed by atoms with E-state index >= 15 is 0 Å². The summed E-state index contributed by atoms with van der Waals surface area (Å²) < 4.78 is 24.1. The fraction of sp³-hybridized carbons (Fsp3) is 0.500. The van der Waals surface area contributed by atoms with Crippen molar-refractivity contribution in [2.75, 3.05) is 32.2 Å². The van der Waals surface area contributed by atoms with Crippen LogP contribution in [-0.2, 0) is 16.1 Å². The van der Waals surface area contributed by atoms with E-state index < -0.39 is 0 Å². The van der Waals surface area contributed by atoms with Gasteiger partial charge in [0.2, 0.25) is 0 Å². The highest BCUT2D eigenvalue weighted by Gasteiger charge is 2.44. The van der Waals surface area contributed by atoms with Gasteiger partial charge in [-0.3, -0.25) is 4.79 Å². The summed E-state index contributed by atoms with van der Waals surface area (Å²) in [6, 6.07) is 13.7. The van der Waals surface area contributed by atoms with Crippen molar-refractivity contribution in [2.45, 2.75) is 57.3 Å². The van der Waals surface area contributed by atoms with Crippen molar-refractivity contribution in [3.63, 3.8) is 0 Å². The number of methoxy groups -OCH3 is 1. The summed E-state index contributed by atoms with van der Waals surface area (Å²) in [6.07, 6.45) is 4.42. The fourth-order valence-corrected chi connectivity index (χ4v) is 5.07. The van der Waals surface area contributed by atoms with Gasteiger partial charge in [0.1, 0.15) is 6.61 Å². The van der Waals surface area contributed by atoms with Crippen LogP contribution < -0.4 is 14.4 Å². The van der Waals surface area contributed by atoms with Gasteiger partial charge < -0.3 is 28.7 Å². The molecule has 2 aromatic carbocycles. The number of ether oxygens (including phenoxy) is 4. The first-order chi connectivity index (χ1) is 16.2. The zero-order valence-corrected chi connectivity index (χ0v) is 19.4. The molecule has 3 atom stereocenters. The molecule has 2 saturated heterocycles. The lowest BCUT2D eigenvalue weighted by Gasteiger charge is -2.38. The van der Waals surface area contributed by atoms with Gasteiger partial charge in [-0.25, -0.2) is 0 Å². The minimum atomic E-state index is -0.276. The van der Waals surface area contributed by atoms with E-state index in [-0.39, 0.29) is 24.5 Å². The number of hydrogen-bond acceptors (Lipinski definition) is 6. The molecule has 2 aromatic rings. The van der Waals surface area contributed by atoms with Gasteiger partial charge in [0.05, 0.1) is 24.4 Å². The van der Waals surface area contributed by atoms with E-state index in [2.05, 4.69) is 4.90 Å². The molecule has 1 amide bonds. The number of nitrogens with zero attached hydrogens (tertiary/aromatic N) is 2. The fourth-order valence-electron chi connectivity index (χ4n) is 5.07. The van der Waals surface area contributed by atoms with Crippen LogP contribution in [0.15, 0.2) is 42.5 Å². The predicted molar refractivity (Wildman–Crippen MR) is 125 cm³/mol. The molecular formula is C26H32N2O5. The Morgan fingerprint density at radius 3 is 2.67 bits per heavy atom. The topological polar surface area (TPSA) is 60.5 Å². The van der Waals surface area contributed by atoms with Crippen LogP contribution in [-0.4, -0.2) is 56.7 Å². The third-order valence-electron chi connectivity index (χ3n) is 6.83. The molecule has 0 bridgehead atoms. The standard InChI is InChI=1S/C26H32N2O5/c1-27-21-16-22(30-2)23(32-17-18-9-4-3-5-10-18)15-19(21)25(29)28-13-8-11-20(28)26(27)33-24-12-6-7-14-31-24/h3-5,9-10,15-16,20,24,26H,6-8,11-14,17H2,1-2H3/t20-,24?,26-/m0/s1. The van der Waals surface area contributed by atoms with Crippen LogP contribution in [0.2, 0.25) is 0 Å². The van der Waals surface area contributed by atoms with Crippen LogP contribution in [0.1, 0.15) is 48.0 Å². The first-order valence-electron chi connectivity index (χ1n) is 11.9. The molecule has 2 fully saturated rings. The summed E-state index contributed by atoms with van der Waals surface area (Å²) in [5, 5.41) is 0. The Morgan fingerprint density at radius 2 is 1.91 bits per heavy atom. The Hall–Kier alpha value is -2.77. The zero-order chi connectivity index (χ0) is 22.8. The number of carbonyl (C=O) groups excluding carboxylic acids is 1. The number of benzene rings is 2. The van der Waals surface area contributed by atoms with Gasteiger partial charge in [-0.15, -0.1) is 0 Å². The number of anilines is 1. The van der Waals surface area contributed by atoms with Crippen molar-refractivity contribution in [3.05, 3.63) is 53.6 Å². The molecule has 1 unspecified atom stereocenters. The lowest BCUT2D eigenvalue weighted by atomic mass is 10.1. The highest BCUT2D eigenvalue weighted by atomic mass is 16.7. The highest BCUT2D eigenvalue weighted by molar-refractivity contribution is 6.02. The van der Waals surface area contributed by atoms with Crippen molar-refractivity contribution >= 4 is 11.6 Å². The molecule has 176 valence electrons. The average Bonchev–Trinajstić information content (AvgIpc) is 3.33. The van der Waals surface area contributed by atoms with Crippen LogP contribution in [0.25, 0.3) is 0 Å². The maximum Gasteiger partial charge on any atom is 0.256 e. The zero-order valence-electron chi connectivity index (χ0n) is 19.4. The van der Waals surface area contributed by atoms with Crippen molar-refractivity contribution in [1.82, 2.24) is 4.90 Å². The van der Waals surface area contributed by atoms with Gasteiger partial charge in [-0.1, -0.05) is 30.3 Å². The summed E-state index contributed by atoms with van der Waals surface area (Å²) in [4.78, 5) is 17.7. The van der Waals surface area contributed by atoms with Gasteiger partial charge in [0, 0.05) is 26.3 Å². The summed E-state index contributed by atoms with van der Waals surface area (Å²) >= 11 is 0. The molecule has 0 radical (unpaired) electrons. The first kappa shape index (κ1) is 22.0. The second-order valence-corrected chi connectivity index (χ2v) is 8.94. The van der Waals surface area contributed by atoms with Crippen molar-refractivity contribution < 1.29 is 23.7 Å². The molecule has 0 spiro atoms. The first-order valence-corrected chi connectivity index (χ1v) is 11.9. The van der Waals surface area contributed by atoms with Crippen molar-refractivity contribution in [1.29, 1.82) is 0 Å². The second-order valence-electron chi connectivity index (χ2n) is 8.94. The molecule has 0 saturated carbocycles. The van der Waals surface area contributed by atoms with Crippen LogP contribution in [0, 0.1) is 0 Å². The van der Waals surface area contributed by atoms with E-state index in [9.17, 15) is 4.79 Å². The van der Waals surface area contributed by atoms with Crippen molar-refractivity contribution in [3.8, 4) is 11.5 Å². The molecule has 0 N–H and O–H groups in total. The van der Waals surface area contributed by atoms with Gasteiger partial charge in [-0.05, 0) is 43.7 Å². The smallest absolute Gasteiger partial charge is 0.256 e. The Labute approximate surface area is 195 Å². The molecule has 0 aromatic heterocycles. The second kappa shape index (κ2) is 9.61. The molecular weight excluding hydrogens is 420 g/mol. The van der Waals surface area contributed by atoms with Gasteiger partial charge in [0.15, 0.2) is 24.0 Å². The van der Waals surface area contributed by atoms with E-state index in [1.165, 1.54) is 0 Å². The normalized spacial score (nSPS) is 24.8. The molecule has 3 heterocycles. The molecule has 0 aliphatic carbocycles. The summed E-state index contributed by atoms with van der Waals surface area (Å²) in [7, 11) is 3.61. The Balaban J connectivity index is 1.47. The summed E-state index contributed by atoms with van der Waals surface area (Å²) in [5.74, 6) is 1.17. The number of carbonyl (C=O) groups is 1.